The minimum atomic E-state index is -3.81. The number of carbonyl (C=O) groups excluding carboxylic acids is 2. The molecule has 46 heavy (non-hydrogen) atoms. The van der Waals surface area contributed by atoms with E-state index < -0.39 is 44.1 Å². The Balaban J connectivity index is 2.00. The van der Waals surface area contributed by atoms with Crippen molar-refractivity contribution in [1.29, 1.82) is 0 Å². The van der Waals surface area contributed by atoms with E-state index in [4.69, 9.17) is 49.0 Å². The van der Waals surface area contributed by atoms with Gasteiger partial charge >= 0.3 is 18.2 Å². The van der Waals surface area contributed by atoms with E-state index in [2.05, 4.69) is 10.0 Å². The summed E-state index contributed by atoms with van der Waals surface area (Å²) in [5.74, 6) is -0.736. The van der Waals surface area contributed by atoms with E-state index in [9.17, 15) is 27.9 Å². The fraction of sp³-hybridized carbons (Fsp3) is 0.700. The third-order valence-corrected chi connectivity index (χ3v) is 8.80. The number of carboxylic acid groups (broad SMARTS) is 1. The number of carbonyl (C=O) groups is 3. The molecule has 1 aliphatic heterocycles. The molecule has 0 aromatic heterocycles. The average molecular weight is 731 g/mol. The van der Waals surface area contributed by atoms with E-state index in [1.807, 2.05) is 27.7 Å². The van der Waals surface area contributed by atoms with Crippen molar-refractivity contribution in [3.8, 4) is 5.75 Å². The van der Waals surface area contributed by atoms with Gasteiger partial charge in [-0.2, -0.15) is 0 Å². The van der Waals surface area contributed by atoms with Gasteiger partial charge in [0.15, 0.2) is 0 Å². The van der Waals surface area contributed by atoms with Gasteiger partial charge in [0.1, 0.15) is 24.0 Å². The maximum atomic E-state index is 12.4. The van der Waals surface area contributed by atoms with Crippen LogP contribution in [0.5, 0.6) is 5.75 Å². The van der Waals surface area contributed by atoms with Crippen LogP contribution in [0, 0.1) is 5.92 Å². The number of halogens is 3. The van der Waals surface area contributed by atoms with Crippen molar-refractivity contribution in [3.05, 3.63) is 23.8 Å². The Labute approximate surface area is 286 Å². The quantitative estimate of drug-likeness (QED) is 0.127. The zero-order valence-corrected chi connectivity index (χ0v) is 29.9. The normalized spacial score (nSPS) is 15.2. The summed E-state index contributed by atoms with van der Waals surface area (Å²) in [5, 5.41) is 12.2. The molecule has 262 valence electrons. The first-order valence-electron chi connectivity index (χ1n) is 15.3. The number of hydrogen-bond donors (Lipinski definition) is 3. The molecule has 0 spiro atoms. The lowest BCUT2D eigenvalue weighted by molar-refractivity contribution is -0.138. The summed E-state index contributed by atoms with van der Waals surface area (Å²) in [6.07, 6.45) is 4.03. The summed E-state index contributed by atoms with van der Waals surface area (Å²) in [4.78, 5) is 38.4. The second kappa shape index (κ2) is 18.4. The first-order chi connectivity index (χ1) is 21.4. The number of rotatable bonds is 16. The molecule has 1 aromatic carbocycles. The van der Waals surface area contributed by atoms with Crippen LogP contribution in [0.2, 0.25) is 0 Å². The Morgan fingerprint density at radius 1 is 1.09 bits per heavy atom. The van der Waals surface area contributed by atoms with Crippen LogP contribution in [0.3, 0.4) is 0 Å². The number of benzene rings is 1. The number of nitrogens with one attached hydrogen (secondary N) is 2. The van der Waals surface area contributed by atoms with Crippen LogP contribution in [0.1, 0.15) is 78.2 Å². The van der Waals surface area contributed by atoms with Gasteiger partial charge in [0.25, 0.3) is 0 Å². The molecule has 16 heteroatoms. The molecule has 0 aliphatic carbocycles. The highest BCUT2D eigenvalue weighted by molar-refractivity contribution is 7.89. The molecule has 1 aliphatic rings. The zero-order chi connectivity index (χ0) is 34.5. The number of hydrogen-bond acceptors (Lipinski definition) is 8. The van der Waals surface area contributed by atoms with Gasteiger partial charge < -0.3 is 24.2 Å². The molecule has 0 bridgehead atoms. The minimum Gasteiger partial charge on any atom is -0.491 e. The van der Waals surface area contributed by atoms with E-state index in [0.717, 1.165) is 32.1 Å². The number of aliphatic carboxylic acids is 1. The van der Waals surface area contributed by atoms with Gasteiger partial charge in [0, 0.05) is 13.1 Å². The van der Waals surface area contributed by atoms with E-state index in [0.29, 0.717) is 49.8 Å². The number of piperidine rings is 1. The van der Waals surface area contributed by atoms with E-state index in [-0.39, 0.29) is 24.0 Å². The minimum absolute atomic E-state index is 0.180. The van der Waals surface area contributed by atoms with Crippen molar-refractivity contribution in [2.45, 2.75) is 94.5 Å². The van der Waals surface area contributed by atoms with Gasteiger partial charge in [-0.25, -0.2) is 22.7 Å². The molecule has 1 atom stereocenters. The number of unbranched alkanes of at least 4 members (excludes halogenated alkanes) is 2. The molecular weight excluding hydrogens is 685 g/mol. The van der Waals surface area contributed by atoms with Gasteiger partial charge in [0.05, 0.1) is 18.0 Å². The average Bonchev–Trinajstić information content (AvgIpc) is 2.94. The van der Waals surface area contributed by atoms with Crippen molar-refractivity contribution in [2.75, 3.05) is 37.4 Å². The summed E-state index contributed by atoms with van der Waals surface area (Å²) in [5.41, 5.74) is 0.0792. The van der Waals surface area contributed by atoms with Crippen molar-refractivity contribution in [3.63, 3.8) is 0 Å². The van der Waals surface area contributed by atoms with Crippen LogP contribution in [-0.4, -0.2) is 84.1 Å². The summed E-state index contributed by atoms with van der Waals surface area (Å²) in [7, 11) is -3.81. The molecule has 12 nitrogen and oxygen atoms in total. The Morgan fingerprint density at radius 3 is 2.35 bits per heavy atom. The number of alkyl halides is 3. The van der Waals surface area contributed by atoms with Gasteiger partial charge in [0.2, 0.25) is 13.8 Å². The number of sulfonamides is 1. The van der Waals surface area contributed by atoms with Gasteiger partial charge in [-0.05, 0) is 82.9 Å². The topological polar surface area (TPSA) is 161 Å². The van der Waals surface area contributed by atoms with Gasteiger partial charge in [-0.1, -0.05) is 60.6 Å². The van der Waals surface area contributed by atoms with Crippen LogP contribution >= 0.6 is 34.8 Å². The van der Waals surface area contributed by atoms with Crippen molar-refractivity contribution in [1.82, 2.24) is 9.62 Å². The molecule has 0 radical (unpaired) electrons. The summed E-state index contributed by atoms with van der Waals surface area (Å²) in [6.45, 7) is 8.52. The molecule has 2 amide bonds. The lowest BCUT2D eigenvalue weighted by Gasteiger charge is -2.33. The van der Waals surface area contributed by atoms with Crippen LogP contribution in [0.4, 0.5) is 15.3 Å². The molecule has 0 unspecified atom stereocenters. The van der Waals surface area contributed by atoms with E-state index >= 15 is 0 Å². The Kier molecular flexibility index (Phi) is 16.0. The predicted molar refractivity (Wildman–Crippen MR) is 179 cm³/mol. The maximum absolute atomic E-state index is 12.4. The molecule has 2 rings (SSSR count). The number of carboxylic acids is 1. The maximum Gasteiger partial charge on any atom is 0.411 e. The van der Waals surface area contributed by atoms with Gasteiger partial charge in [-0.3, -0.25) is 10.1 Å². The molecule has 1 heterocycles. The number of likely N-dealkylation sites (tertiary alicyclic amines) is 1. The standard InChI is InChI=1S/C30H46Cl3N3O9S/c1-5-6-17-46(41,42)35-24(26(37)38)19-22-10-11-25(23(18-22)34-27(39)44-20-30(31,32)33)43-16-8-7-9-21-12-14-36(15-13-21)28(40)45-29(2,3)4/h10-11,18,21,24,35H,5-9,12-17,19-20H2,1-4H3,(H,34,39)(H,37,38)/t24-/m0/s1. The van der Waals surface area contributed by atoms with Crippen LogP contribution in [0.15, 0.2) is 18.2 Å². The number of amides is 2. The SMILES string of the molecule is CCCCS(=O)(=O)N[C@@H](Cc1ccc(OCCCCC2CCN(C(=O)OC(C)(C)C)CC2)c(NC(=O)OCC(Cl)(Cl)Cl)c1)C(=O)O. The fourth-order valence-electron chi connectivity index (χ4n) is 4.69. The largest absolute Gasteiger partial charge is 0.491 e. The van der Waals surface area contributed by atoms with Crippen molar-refractivity contribution >= 4 is 68.7 Å². The van der Waals surface area contributed by atoms with E-state index in [1.165, 1.54) is 6.07 Å². The predicted octanol–water partition coefficient (Wildman–Crippen LogP) is 6.52. The second-order valence-electron chi connectivity index (χ2n) is 12.3. The number of nitrogens with zero attached hydrogens (tertiary/aromatic N) is 1. The van der Waals surface area contributed by atoms with Crippen molar-refractivity contribution in [2.24, 2.45) is 5.92 Å². The van der Waals surface area contributed by atoms with Crippen molar-refractivity contribution < 1.29 is 42.1 Å². The molecular formula is C30H46Cl3N3O9S. The highest BCUT2D eigenvalue weighted by Crippen LogP contribution is 2.30. The van der Waals surface area contributed by atoms with Crippen LogP contribution in [0.25, 0.3) is 0 Å². The smallest absolute Gasteiger partial charge is 0.411 e. The molecule has 1 saturated heterocycles. The fourth-order valence-corrected chi connectivity index (χ4v) is 6.26. The zero-order valence-electron chi connectivity index (χ0n) is 26.8. The monoisotopic (exact) mass is 729 g/mol. The highest BCUT2D eigenvalue weighted by Gasteiger charge is 2.28. The molecule has 3 N–H and O–H groups in total. The Bertz CT molecular complexity index is 1260. The first-order valence-corrected chi connectivity index (χ1v) is 18.1. The van der Waals surface area contributed by atoms with Crippen LogP contribution in [-0.2, 0) is 30.7 Å². The molecule has 1 fully saturated rings. The first kappa shape index (κ1) is 40.0. The molecule has 0 saturated carbocycles. The summed E-state index contributed by atoms with van der Waals surface area (Å²) < 4.78 is 41.5. The second-order valence-corrected chi connectivity index (χ2v) is 16.7. The van der Waals surface area contributed by atoms with Crippen LogP contribution < -0.4 is 14.8 Å². The number of anilines is 1. The summed E-state index contributed by atoms with van der Waals surface area (Å²) >= 11 is 17.0. The van der Waals surface area contributed by atoms with Gasteiger partial charge in [-0.15, -0.1) is 0 Å². The Hall–Kier alpha value is -2.19. The summed E-state index contributed by atoms with van der Waals surface area (Å²) in [6, 6.07) is 3.23. The highest BCUT2D eigenvalue weighted by atomic mass is 35.6. The third kappa shape index (κ3) is 16.1. The Morgan fingerprint density at radius 2 is 1.76 bits per heavy atom. The lowest BCUT2D eigenvalue weighted by atomic mass is 9.92. The third-order valence-electron chi connectivity index (χ3n) is 7.00. The van der Waals surface area contributed by atoms with E-state index in [1.54, 1.807) is 17.0 Å². The number of ether oxygens (including phenoxy) is 3. The molecule has 1 aromatic rings. The lowest BCUT2D eigenvalue weighted by Crippen LogP contribution is -2.43.